The number of hydrogen-bond acceptors (Lipinski definition) is 6. The molecule has 1 aromatic heterocycles. The number of nitrogen functional groups attached to an aromatic ring is 1. The molecule has 2 N–H and O–H groups in total. The van der Waals surface area contributed by atoms with Crippen molar-refractivity contribution in [3.8, 4) is 17.1 Å². The number of para-hydroxylation sites is 1. The third-order valence-corrected chi connectivity index (χ3v) is 6.51. The summed E-state index contributed by atoms with van der Waals surface area (Å²) in [4.78, 5) is 15.2. The van der Waals surface area contributed by atoms with Crippen molar-refractivity contribution in [1.82, 2.24) is 14.9 Å². The molecule has 0 bridgehead atoms. The number of ether oxygens (including phenoxy) is 1. The number of nitrogens with zero attached hydrogens (tertiary/aromatic N) is 4. The van der Waals surface area contributed by atoms with E-state index in [1.165, 1.54) is 22.9 Å². The molecule has 1 heterocycles. The van der Waals surface area contributed by atoms with Crippen LogP contribution in [0, 0.1) is 0 Å². The van der Waals surface area contributed by atoms with Crippen LogP contribution >= 0.6 is 11.8 Å². The van der Waals surface area contributed by atoms with Gasteiger partial charge in [0.2, 0.25) is 11.1 Å². The van der Waals surface area contributed by atoms with Crippen molar-refractivity contribution in [2.45, 2.75) is 43.3 Å². The lowest BCUT2D eigenvalue weighted by molar-refractivity contribution is -0.116. The number of hydrogen-bond donors (Lipinski definition) is 1. The predicted molar refractivity (Wildman–Crippen MR) is 124 cm³/mol. The van der Waals surface area contributed by atoms with E-state index in [4.69, 9.17) is 10.6 Å². The molecule has 0 atom stereocenters. The Labute approximate surface area is 186 Å². The normalized spacial score (nSPS) is 14.4. The third-order valence-electron chi connectivity index (χ3n) is 5.58. The summed E-state index contributed by atoms with van der Waals surface area (Å²) in [7, 11) is 1.62. The van der Waals surface area contributed by atoms with E-state index in [1.54, 1.807) is 7.11 Å². The van der Waals surface area contributed by atoms with Gasteiger partial charge in [-0.05, 0) is 49.2 Å². The van der Waals surface area contributed by atoms with E-state index < -0.39 is 0 Å². The van der Waals surface area contributed by atoms with Crippen LogP contribution in [0.5, 0.6) is 5.75 Å². The number of anilines is 1. The van der Waals surface area contributed by atoms with E-state index in [-0.39, 0.29) is 17.7 Å². The molecule has 1 amide bonds. The summed E-state index contributed by atoms with van der Waals surface area (Å²) in [5, 5.41) is 8.92. The lowest BCUT2D eigenvalue weighted by Crippen LogP contribution is -2.42. The molecular formula is C23H27N5O2S. The summed E-state index contributed by atoms with van der Waals surface area (Å²) < 4.78 is 6.63. The topological polar surface area (TPSA) is 86.3 Å². The first-order valence-electron chi connectivity index (χ1n) is 10.5. The van der Waals surface area contributed by atoms with Gasteiger partial charge in [-0.3, -0.25) is 4.79 Å². The maximum atomic E-state index is 13.3. The van der Waals surface area contributed by atoms with Crippen LogP contribution in [0.4, 0.5) is 5.69 Å². The Kier molecular flexibility index (Phi) is 6.76. The van der Waals surface area contributed by atoms with Gasteiger partial charge in [-0.15, -0.1) is 10.2 Å². The summed E-state index contributed by atoms with van der Waals surface area (Å²) in [6.07, 6.45) is 5.65. The number of thioether (sulfide) groups is 1. The molecule has 3 aromatic rings. The van der Waals surface area contributed by atoms with Crippen LogP contribution in [0.15, 0.2) is 59.8 Å². The molecule has 0 saturated heterocycles. The molecule has 1 aliphatic rings. The highest BCUT2D eigenvalue weighted by Gasteiger charge is 2.27. The van der Waals surface area contributed by atoms with Crippen molar-refractivity contribution >= 4 is 23.4 Å². The standard InChI is InChI=1S/C23H27N5O2S/c1-30-20-14-12-17(13-15-20)22-25-26-23(28(22)24)31-16-21(29)27(18-8-4-2-5-9-18)19-10-6-3-7-11-19/h2,4-5,8-9,12-15,19H,3,6-7,10-11,16,24H2,1H3. The summed E-state index contributed by atoms with van der Waals surface area (Å²) >= 11 is 1.31. The van der Waals surface area contributed by atoms with Gasteiger partial charge in [-0.2, -0.15) is 0 Å². The maximum absolute atomic E-state index is 13.3. The third kappa shape index (κ3) is 4.85. The van der Waals surface area contributed by atoms with E-state index in [2.05, 4.69) is 10.2 Å². The minimum atomic E-state index is 0.0668. The molecule has 2 aromatic carbocycles. The lowest BCUT2D eigenvalue weighted by Gasteiger charge is -2.34. The van der Waals surface area contributed by atoms with Crippen LogP contribution in [0.1, 0.15) is 32.1 Å². The quantitative estimate of drug-likeness (QED) is 0.442. The number of aromatic nitrogens is 3. The van der Waals surface area contributed by atoms with Crippen LogP contribution in [-0.2, 0) is 4.79 Å². The molecule has 0 unspecified atom stereocenters. The molecular weight excluding hydrogens is 410 g/mol. The first-order chi connectivity index (χ1) is 15.2. The maximum Gasteiger partial charge on any atom is 0.237 e. The van der Waals surface area contributed by atoms with Crippen molar-refractivity contribution in [3.63, 3.8) is 0 Å². The Bertz CT molecular complexity index is 1000. The summed E-state index contributed by atoms with van der Waals surface area (Å²) in [6.45, 7) is 0. The van der Waals surface area contributed by atoms with Gasteiger partial charge in [0.05, 0.1) is 12.9 Å². The van der Waals surface area contributed by atoms with E-state index >= 15 is 0 Å². The number of methoxy groups -OCH3 is 1. The van der Waals surface area contributed by atoms with E-state index in [0.29, 0.717) is 11.0 Å². The molecule has 1 fully saturated rings. The summed E-state index contributed by atoms with van der Waals surface area (Å²) in [5.41, 5.74) is 1.79. The van der Waals surface area contributed by atoms with Crippen LogP contribution in [0.2, 0.25) is 0 Å². The average molecular weight is 438 g/mol. The smallest absolute Gasteiger partial charge is 0.237 e. The summed E-state index contributed by atoms with van der Waals surface area (Å²) in [5.74, 6) is 7.86. The van der Waals surface area contributed by atoms with Crippen molar-refractivity contribution < 1.29 is 9.53 Å². The van der Waals surface area contributed by atoms with Crippen LogP contribution in [-0.4, -0.2) is 39.7 Å². The number of nitrogens with two attached hydrogens (primary N) is 1. The summed E-state index contributed by atoms with van der Waals surface area (Å²) in [6, 6.07) is 17.6. The van der Waals surface area contributed by atoms with E-state index in [0.717, 1.165) is 42.7 Å². The second-order valence-electron chi connectivity index (χ2n) is 7.58. The number of rotatable bonds is 7. The SMILES string of the molecule is COc1ccc(-c2nnc(SCC(=O)N(c3ccccc3)C3CCCCC3)n2N)cc1. The van der Waals surface area contributed by atoms with Crippen LogP contribution < -0.4 is 15.5 Å². The minimum Gasteiger partial charge on any atom is -0.497 e. The highest BCUT2D eigenvalue weighted by atomic mass is 32.2. The second kappa shape index (κ2) is 9.87. The van der Waals surface area contributed by atoms with Crippen molar-refractivity contribution in [3.05, 3.63) is 54.6 Å². The van der Waals surface area contributed by atoms with Crippen molar-refractivity contribution in [2.75, 3.05) is 23.6 Å². The first kappa shape index (κ1) is 21.2. The van der Waals surface area contributed by atoms with Crippen LogP contribution in [0.25, 0.3) is 11.4 Å². The van der Waals surface area contributed by atoms with Gasteiger partial charge in [0.25, 0.3) is 0 Å². The minimum absolute atomic E-state index is 0.0668. The lowest BCUT2D eigenvalue weighted by atomic mass is 9.93. The van der Waals surface area contributed by atoms with Gasteiger partial charge >= 0.3 is 0 Å². The molecule has 0 radical (unpaired) electrons. The van der Waals surface area contributed by atoms with Gasteiger partial charge in [0.1, 0.15) is 5.75 Å². The molecule has 162 valence electrons. The van der Waals surface area contributed by atoms with E-state index in [1.807, 2.05) is 59.5 Å². The molecule has 0 spiro atoms. The Balaban J connectivity index is 1.48. The molecule has 1 saturated carbocycles. The number of amides is 1. The largest absolute Gasteiger partial charge is 0.497 e. The molecule has 31 heavy (non-hydrogen) atoms. The zero-order valence-electron chi connectivity index (χ0n) is 17.6. The Hall–Kier alpha value is -3.00. The van der Waals surface area contributed by atoms with Gasteiger partial charge < -0.3 is 15.5 Å². The fourth-order valence-electron chi connectivity index (χ4n) is 3.99. The number of carbonyl (C=O) groups is 1. The average Bonchev–Trinajstić information content (AvgIpc) is 3.19. The Morgan fingerprint density at radius 2 is 1.81 bits per heavy atom. The number of benzene rings is 2. The van der Waals surface area contributed by atoms with Gasteiger partial charge in [0, 0.05) is 17.3 Å². The molecule has 7 nitrogen and oxygen atoms in total. The van der Waals surface area contributed by atoms with Gasteiger partial charge in [-0.25, -0.2) is 4.68 Å². The van der Waals surface area contributed by atoms with E-state index in [9.17, 15) is 4.79 Å². The van der Waals surface area contributed by atoms with Crippen molar-refractivity contribution in [2.24, 2.45) is 0 Å². The predicted octanol–water partition coefficient (Wildman–Crippen LogP) is 4.13. The second-order valence-corrected chi connectivity index (χ2v) is 8.53. The van der Waals surface area contributed by atoms with Gasteiger partial charge in [0.15, 0.2) is 5.82 Å². The molecule has 8 heteroatoms. The zero-order valence-corrected chi connectivity index (χ0v) is 18.4. The molecule has 4 rings (SSSR count). The monoisotopic (exact) mass is 437 g/mol. The number of carbonyl (C=O) groups excluding carboxylic acids is 1. The first-order valence-corrected chi connectivity index (χ1v) is 11.5. The fraction of sp³-hybridized carbons (Fsp3) is 0.348. The van der Waals surface area contributed by atoms with Crippen molar-refractivity contribution in [1.29, 1.82) is 0 Å². The van der Waals surface area contributed by atoms with Crippen LogP contribution in [0.3, 0.4) is 0 Å². The zero-order chi connectivity index (χ0) is 21.6. The Morgan fingerprint density at radius 3 is 2.48 bits per heavy atom. The highest BCUT2D eigenvalue weighted by Crippen LogP contribution is 2.29. The fourth-order valence-corrected chi connectivity index (χ4v) is 4.71. The Morgan fingerprint density at radius 1 is 1.10 bits per heavy atom. The highest BCUT2D eigenvalue weighted by molar-refractivity contribution is 7.99. The molecule has 0 aliphatic heterocycles. The molecule has 1 aliphatic carbocycles. The van der Waals surface area contributed by atoms with Gasteiger partial charge in [-0.1, -0.05) is 49.2 Å².